The zero-order valence-electron chi connectivity index (χ0n) is 17.1. The van der Waals surface area contributed by atoms with Crippen LogP contribution in [-0.4, -0.2) is 16.2 Å². The van der Waals surface area contributed by atoms with Crippen LogP contribution in [0.2, 0.25) is 5.02 Å². The second kappa shape index (κ2) is 9.68. The van der Waals surface area contributed by atoms with Crippen molar-refractivity contribution in [1.82, 2.24) is 9.55 Å². The fourth-order valence-corrected chi connectivity index (χ4v) is 3.65. The number of halogens is 1. The first-order valence-corrected chi connectivity index (χ1v) is 10.6. The summed E-state index contributed by atoms with van der Waals surface area (Å²) >= 11 is 6.22. The molecule has 0 radical (unpaired) electrons. The summed E-state index contributed by atoms with van der Waals surface area (Å²) in [7, 11) is 0. The molecule has 4 nitrogen and oxygen atoms in total. The van der Waals surface area contributed by atoms with Crippen molar-refractivity contribution >= 4 is 22.6 Å². The van der Waals surface area contributed by atoms with Gasteiger partial charge in [-0.15, -0.1) is 0 Å². The highest BCUT2D eigenvalue weighted by atomic mass is 35.5. The molecular formula is C25H25ClN2O2. The van der Waals surface area contributed by atoms with Gasteiger partial charge in [-0.3, -0.25) is 0 Å². The van der Waals surface area contributed by atoms with Gasteiger partial charge in [-0.1, -0.05) is 48.0 Å². The van der Waals surface area contributed by atoms with Gasteiger partial charge in [0.15, 0.2) is 0 Å². The Labute approximate surface area is 182 Å². The molecule has 4 aromatic rings. The van der Waals surface area contributed by atoms with E-state index in [0.717, 1.165) is 42.0 Å². The van der Waals surface area contributed by atoms with Crippen LogP contribution in [0.25, 0.3) is 11.0 Å². The molecule has 0 amide bonds. The maximum Gasteiger partial charge on any atom is 0.147 e. The number of imidazole rings is 1. The third-order valence-corrected chi connectivity index (χ3v) is 5.27. The number of rotatable bonds is 9. The van der Waals surface area contributed by atoms with Gasteiger partial charge in [-0.05, 0) is 61.7 Å². The molecule has 0 spiro atoms. The van der Waals surface area contributed by atoms with E-state index in [0.29, 0.717) is 24.0 Å². The molecule has 0 atom stereocenters. The average molecular weight is 421 g/mol. The lowest BCUT2D eigenvalue weighted by molar-refractivity contribution is 0.285. The first-order chi connectivity index (χ1) is 14.7. The van der Waals surface area contributed by atoms with E-state index in [-0.39, 0.29) is 0 Å². The Balaban J connectivity index is 1.39. The monoisotopic (exact) mass is 420 g/mol. The van der Waals surface area contributed by atoms with Crippen LogP contribution in [0.4, 0.5) is 0 Å². The third kappa shape index (κ3) is 4.95. The number of fused-ring (bicyclic) bond motifs is 1. The molecule has 3 aromatic carbocycles. The van der Waals surface area contributed by atoms with Gasteiger partial charge < -0.3 is 14.0 Å². The van der Waals surface area contributed by atoms with Crippen molar-refractivity contribution in [2.75, 3.05) is 6.61 Å². The van der Waals surface area contributed by atoms with Crippen LogP contribution in [-0.2, 0) is 13.2 Å². The van der Waals surface area contributed by atoms with E-state index >= 15 is 0 Å². The first kappa shape index (κ1) is 20.3. The minimum atomic E-state index is 0.373. The van der Waals surface area contributed by atoms with Gasteiger partial charge in [0.2, 0.25) is 0 Å². The zero-order valence-corrected chi connectivity index (χ0v) is 17.8. The van der Waals surface area contributed by atoms with Crippen LogP contribution < -0.4 is 9.47 Å². The normalized spacial score (nSPS) is 11.0. The Hall–Kier alpha value is -2.98. The molecule has 0 unspecified atom stereocenters. The van der Waals surface area contributed by atoms with Gasteiger partial charge in [-0.25, -0.2) is 4.98 Å². The molecule has 0 aliphatic rings. The summed E-state index contributed by atoms with van der Waals surface area (Å²) < 4.78 is 14.1. The number of para-hydroxylation sites is 3. The topological polar surface area (TPSA) is 36.3 Å². The van der Waals surface area contributed by atoms with Crippen LogP contribution in [0.3, 0.4) is 0 Å². The SMILES string of the molecule is Cc1cccc(OCCCCn2c(COc3ccccc3Cl)nc3ccccc32)c1. The fourth-order valence-electron chi connectivity index (χ4n) is 3.46. The second-order valence-corrected chi connectivity index (χ2v) is 7.67. The van der Waals surface area contributed by atoms with Crippen molar-refractivity contribution < 1.29 is 9.47 Å². The molecule has 0 saturated carbocycles. The van der Waals surface area contributed by atoms with E-state index in [1.165, 1.54) is 5.56 Å². The standard InChI is InChI=1S/C25H25ClN2O2/c1-19-9-8-10-20(17-19)29-16-7-6-15-28-23-13-4-3-12-22(23)27-25(28)18-30-24-14-5-2-11-21(24)26/h2-5,8-14,17H,6-7,15-16,18H2,1H3. The van der Waals surface area contributed by atoms with Crippen LogP contribution in [0.15, 0.2) is 72.8 Å². The van der Waals surface area contributed by atoms with E-state index in [9.17, 15) is 0 Å². The Bertz CT molecular complexity index is 1120. The highest BCUT2D eigenvalue weighted by Gasteiger charge is 2.12. The number of unbranched alkanes of at least 4 members (excludes halogenated alkanes) is 1. The maximum atomic E-state index is 6.22. The Morgan fingerprint density at radius 3 is 2.60 bits per heavy atom. The van der Waals surface area contributed by atoms with Crippen molar-refractivity contribution in [2.24, 2.45) is 0 Å². The van der Waals surface area contributed by atoms with E-state index in [2.05, 4.69) is 29.7 Å². The molecule has 1 aromatic heterocycles. The van der Waals surface area contributed by atoms with Crippen LogP contribution >= 0.6 is 11.6 Å². The summed E-state index contributed by atoms with van der Waals surface area (Å²) in [5.41, 5.74) is 3.31. The van der Waals surface area contributed by atoms with Crippen molar-refractivity contribution in [3.63, 3.8) is 0 Å². The van der Waals surface area contributed by atoms with Gasteiger partial charge >= 0.3 is 0 Å². The Kier molecular flexibility index (Phi) is 6.55. The molecule has 0 N–H and O–H groups in total. The molecule has 154 valence electrons. The van der Waals surface area contributed by atoms with Crippen LogP contribution in [0, 0.1) is 6.92 Å². The van der Waals surface area contributed by atoms with E-state index in [1.807, 2.05) is 54.6 Å². The predicted octanol–water partition coefficient (Wildman–Crippen LogP) is 6.44. The Morgan fingerprint density at radius 1 is 0.900 bits per heavy atom. The molecule has 30 heavy (non-hydrogen) atoms. The van der Waals surface area contributed by atoms with Crippen molar-refractivity contribution in [2.45, 2.75) is 32.9 Å². The minimum Gasteiger partial charge on any atom is -0.494 e. The number of ether oxygens (including phenoxy) is 2. The molecule has 0 fully saturated rings. The van der Waals surface area contributed by atoms with Crippen LogP contribution in [0.5, 0.6) is 11.5 Å². The molecule has 0 bridgehead atoms. The largest absolute Gasteiger partial charge is 0.494 e. The fraction of sp³-hybridized carbons (Fsp3) is 0.240. The summed E-state index contributed by atoms with van der Waals surface area (Å²) in [6, 6.07) is 23.9. The highest BCUT2D eigenvalue weighted by Crippen LogP contribution is 2.25. The van der Waals surface area contributed by atoms with E-state index in [4.69, 9.17) is 26.1 Å². The number of hydrogen-bond acceptors (Lipinski definition) is 3. The summed E-state index contributed by atoms with van der Waals surface area (Å²) in [4.78, 5) is 4.78. The third-order valence-electron chi connectivity index (χ3n) is 4.96. The quantitative estimate of drug-likeness (QED) is 0.292. The summed E-state index contributed by atoms with van der Waals surface area (Å²) in [6.07, 6.45) is 1.95. The van der Waals surface area contributed by atoms with Crippen molar-refractivity contribution in [3.05, 3.63) is 89.2 Å². The molecule has 0 saturated heterocycles. The van der Waals surface area contributed by atoms with E-state index in [1.54, 1.807) is 0 Å². The lowest BCUT2D eigenvalue weighted by Gasteiger charge is -2.12. The smallest absolute Gasteiger partial charge is 0.147 e. The first-order valence-electron chi connectivity index (χ1n) is 10.2. The lowest BCUT2D eigenvalue weighted by atomic mass is 10.2. The molecule has 5 heteroatoms. The number of hydrogen-bond donors (Lipinski definition) is 0. The minimum absolute atomic E-state index is 0.373. The summed E-state index contributed by atoms with van der Waals surface area (Å²) in [5.74, 6) is 2.50. The second-order valence-electron chi connectivity index (χ2n) is 7.26. The van der Waals surface area contributed by atoms with Gasteiger partial charge in [-0.2, -0.15) is 0 Å². The van der Waals surface area contributed by atoms with Gasteiger partial charge in [0.05, 0.1) is 22.7 Å². The number of nitrogens with zero attached hydrogens (tertiary/aromatic N) is 2. The number of benzene rings is 3. The van der Waals surface area contributed by atoms with Gasteiger partial charge in [0.25, 0.3) is 0 Å². The average Bonchev–Trinajstić information content (AvgIpc) is 3.10. The van der Waals surface area contributed by atoms with Crippen molar-refractivity contribution in [1.29, 1.82) is 0 Å². The molecule has 0 aliphatic heterocycles. The molecular weight excluding hydrogens is 396 g/mol. The summed E-state index contributed by atoms with van der Waals surface area (Å²) in [5, 5.41) is 0.605. The number of aryl methyl sites for hydroxylation is 2. The maximum absolute atomic E-state index is 6.22. The van der Waals surface area contributed by atoms with Crippen LogP contribution in [0.1, 0.15) is 24.2 Å². The van der Waals surface area contributed by atoms with E-state index < -0.39 is 0 Å². The predicted molar refractivity (Wildman–Crippen MR) is 121 cm³/mol. The highest BCUT2D eigenvalue weighted by molar-refractivity contribution is 6.32. The lowest BCUT2D eigenvalue weighted by Crippen LogP contribution is -2.09. The van der Waals surface area contributed by atoms with Gasteiger partial charge in [0.1, 0.15) is 23.9 Å². The summed E-state index contributed by atoms with van der Waals surface area (Å²) in [6.45, 7) is 4.00. The van der Waals surface area contributed by atoms with Gasteiger partial charge in [0, 0.05) is 6.54 Å². The molecule has 4 rings (SSSR count). The molecule has 1 heterocycles. The molecule has 0 aliphatic carbocycles. The Morgan fingerprint density at radius 2 is 1.73 bits per heavy atom. The number of aromatic nitrogens is 2. The zero-order chi connectivity index (χ0) is 20.8. The van der Waals surface area contributed by atoms with Crippen molar-refractivity contribution in [3.8, 4) is 11.5 Å².